The molecule has 1 aromatic carbocycles. The molecule has 0 unspecified atom stereocenters. The molecular weight excluding hydrogens is 245 g/mol. The molecule has 1 saturated carbocycles. The zero-order valence-electron chi connectivity index (χ0n) is 11.2. The normalized spacial score (nSPS) is 22.8. The molecular formula is C15H20FNO2. The van der Waals surface area contributed by atoms with Gasteiger partial charge >= 0.3 is 0 Å². The van der Waals surface area contributed by atoms with E-state index in [2.05, 4.69) is 5.32 Å². The Hall–Kier alpha value is -1.13. The minimum Gasteiger partial charge on any atom is -0.382 e. The highest BCUT2D eigenvalue weighted by atomic mass is 19.1. The predicted molar refractivity (Wildman–Crippen MR) is 71.7 cm³/mol. The Kier molecular flexibility index (Phi) is 3.46. The zero-order chi connectivity index (χ0) is 13.3. The fraction of sp³-hybridized carbons (Fsp3) is 0.600. The molecule has 2 fully saturated rings. The molecule has 1 spiro atoms. The van der Waals surface area contributed by atoms with Crippen LogP contribution in [0.3, 0.4) is 0 Å². The van der Waals surface area contributed by atoms with Crippen molar-refractivity contribution in [2.45, 2.75) is 44.4 Å². The van der Waals surface area contributed by atoms with Crippen molar-refractivity contribution in [2.24, 2.45) is 0 Å². The first kappa shape index (κ1) is 12.9. The standard InChI is InChI=1S/C15H20FNO2/c1-11-13(16)3-2-4-14(11)17-12-5-7-15(8-6-12)18-9-10-19-15/h2-4,12,17H,5-10H2,1H3. The molecule has 1 aromatic rings. The van der Waals surface area contributed by atoms with Crippen LogP contribution in [-0.4, -0.2) is 25.0 Å². The van der Waals surface area contributed by atoms with E-state index in [-0.39, 0.29) is 11.6 Å². The van der Waals surface area contributed by atoms with Crippen LogP contribution in [0.1, 0.15) is 31.2 Å². The molecule has 1 heterocycles. The molecule has 3 rings (SSSR count). The van der Waals surface area contributed by atoms with E-state index in [0.29, 0.717) is 24.8 Å². The quantitative estimate of drug-likeness (QED) is 0.890. The molecule has 0 aromatic heterocycles. The Labute approximate surface area is 113 Å². The van der Waals surface area contributed by atoms with Crippen LogP contribution in [0.15, 0.2) is 18.2 Å². The smallest absolute Gasteiger partial charge is 0.168 e. The Bertz CT molecular complexity index is 447. The third kappa shape index (κ3) is 2.60. The van der Waals surface area contributed by atoms with Crippen molar-refractivity contribution in [1.82, 2.24) is 0 Å². The largest absolute Gasteiger partial charge is 0.382 e. The van der Waals surface area contributed by atoms with E-state index in [1.807, 2.05) is 13.0 Å². The van der Waals surface area contributed by atoms with Crippen LogP contribution in [0.4, 0.5) is 10.1 Å². The fourth-order valence-corrected chi connectivity index (χ4v) is 2.97. The van der Waals surface area contributed by atoms with E-state index in [9.17, 15) is 4.39 Å². The molecule has 0 bridgehead atoms. The summed E-state index contributed by atoms with van der Waals surface area (Å²) in [6.07, 6.45) is 3.82. The second-order valence-corrected chi connectivity index (χ2v) is 5.44. The summed E-state index contributed by atoms with van der Waals surface area (Å²) >= 11 is 0. The molecule has 104 valence electrons. The van der Waals surface area contributed by atoms with Gasteiger partial charge in [-0.05, 0) is 31.9 Å². The van der Waals surface area contributed by atoms with Gasteiger partial charge in [0.2, 0.25) is 0 Å². The van der Waals surface area contributed by atoms with E-state index in [1.165, 1.54) is 6.07 Å². The number of hydrogen-bond donors (Lipinski definition) is 1. The maximum atomic E-state index is 13.5. The average molecular weight is 265 g/mol. The Balaban J connectivity index is 1.61. The van der Waals surface area contributed by atoms with Crippen LogP contribution in [-0.2, 0) is 9.47 Å². The van der Waals surface area contributed by atoms with Crippen molar-refractivity contribution in [3.05, 3.63) is 29.6 Å². The Morgan fingerprint density at radius 2 is 1.89 bits per heavy atom. The third-order valence-corrected chi connectivity index (χ3v) is 4.19. The summed E-state index contributed by atoms with van der Waals surface area (Å²) in [5.41, 5.74) is 1.59. The number of hydrogen-bond acceptors (Lipinski definition) is 3. The summed E-state index contributed by atoms with van der Waals surface area (Å²) in [6.45, 7) is 3.23. The van der Waals surface area contributed by atoms with Crippen molar-refractivity contribution in [2.75, 3.05) is 18.5 Å². The summed E-state index contributed by atoms with van der Waals surface area (Å²) in [4.78, 5) is 0. The van der Waals surface area contributed by atoms with Crippen LogP contribution in [0.25, 0.3) is 0 Å². The fourth-order valence-electron chi connectivity index (χ4n) is 2.97. The highest BCUT2D eigenvalue weighted by molar-refractivity contribution is 5.51. The molecule has 4 heteroatoms. The van der Waals surface area contributed by atoms with Crippen LogP contribution >= 0.6 is 0 Å². The van der Waals surface area contributed by atoms with Gasteiger partial charge in [-0.3, -0.25) is 0 Å². The lowest BCUT2D eigenvalue weighted by molar-refractivity contribution is -0.177. The highest BCUT2D eigenvalue weighted by Crippen LogP contribution is 2.36. The molecule has 1 saturated heterocycles. The van der Waals surface area contributed by atoms with Gasteiger partial charge in [0, 0.05) is 30.1 Å². The second kappa shape index (κ2) is 5.10. The molecule has 19 heavy (non-hydrogen) atoms. The molecule has 1 aliphatic heterocycles. The van der Waals surface area contributed by atoms with Gasteiger partial charge in [-0.2, -0.15) is 0 Å². The maximum absolute atomic E-state index is 13.5. The summed E-state index contributed by atoms with van der Waals surface area (Å²) in [5, 5.41) is 3.45. The molecule has 0 atom stereocenters. The third-order valence-electron chi connectivity index (χ3n) is 4.19. The van der Waals surface area contributed by atoms with Gasteiger partial charge in [0.1, 0.15) is 5.82 Å². The van der Waals surface area contributed by atoms with Gasteiger partial charge in [-0.15, -0.1) is 0 Å². The van der Waals surface area contributed by atoms with E-state index in [0.717, 1.165) is 31.4 Å². The first-order valence-corrected chi connectivity index (χ1v) is 6.98. The Morgan fingerprint density at radius 1 is 1.21 bits per heavy atom. The summed E-state index contributed by atoms with van der Waals surface area (Å²) < 4.78 is 24.9. The van der Waals surface area contributed by atoms with Crippen LogP contribution in [0, 0.1) is 12.7 Å². The Morgan fingerprint density at radius 3 is 2.58 bits per heavy atom. The molecule has 1 N–H and O–H groups in total. The van der Waals surface area contributed by atoms with Crippen molar-refractivity contribution in [1.29, 1.82) is 0 Å². The SMILES string of the molecule is Cc1c(F)cccc1NC1CCC2(CC1)OCCO2. The van der Waals surface area contributed by atoms with E-state index in [4.69, 9.17) is 9.47 Å². The molecule has 1 aliphatic carbocycles. The van der Waals surface area contributed by atoms with Crippen LogP contribution in [0.5, 0.6) is 0 Å². The first-order valence-electron chi connectivity index (χ1n) is 6.98. The molecule has 0 amide bonds. The van der Waals surface area contributed by atoms with Crippen molar-refractivity contribution in [3.8, 4) is 0 Å². The van der Waals surface area contributed by atoms with Gasteiger partial charge in [-0.1, -0.05) is 6.07 Å². The molecule has 0 radical (unpaired) electrons. The van der Waals surface area contributed by atoms with Gasteiger partial charge in [-0.25, -0.2) is 4.39 Å². The van der Waals surface area contributed by atoms with Crippen LogP contribution in [0.2, 0.25) is 0 Å². The average Bonchev–Trinajstić information content (AvgIpc) is 2.86. The van der Waals surface area contributed by atoms with Crippen LogP contribution < -0.4 is 5.32 Å². The lowest BCUT2D eigenvalue weighted by atomic mass is 9.89. The maximum Gasteiger partial charge on any atom is 0.168 e. The molecule has 2 aliphatic rings. The van der Waals surface area contributed by atoms with Gasteiger partial charge in [0.15, 0.2) is 5.79 Å². The van der Waals surface area contributed by atoms with E-state index in [1.54, 1.807) is 6.07 Å². The van der Waals surface area contributed by atoms with Crippen molar-refractivity contribution in [3.63, 3.8) is 0 Å². The minimum absolute atomic E-state index is 0.153. The first-order chi connectivity index (χ1) is 9.19. The number of halogens is 1. The number of rotatable bonds is 2. The minimum atomic E-state index is -0.324. The number of anilines is 1. The van der Waals surface area contributed by atoms with E-state index < -0.39 is 0 Å². The zero-order valence-corrected chi connectivity index (χ0v) is 11.2. The number of ether oxygens (including phenoxy) is 2. The van der Waals surface area contributed by atoms with Gasteiger partial charge in [0.25, 0.3) is 0 Å². The summed E-state index contributed by atoms with van der Waals surface area (Å²) in [7, 11) is 0. The highest BCUT2D eigenvalue weighted by Gasteiger charge is 2.40. The summed E-state index contributed by atoms with van der Waals surface area (Å²) in [5.74, 6) is -0.477. The monoisotopic (exact) mass is 265 g/mol. The summed E-state index contributed by atoms with van der Waals surface area (Å²) in [6, 6.07) is 5.55. The van der Waals surface area contributed by atoms with Crippen molar-refractivity contribution < 1.29 is 13.9 Å². The van der Waals surface area contributed by atoms with Crippen molar-refractivity contribution >= 4 is 5.69 Å². The number of nitrogens with one attached hydrogen (secondary N) is 1. The van der Waals surface area contributed by atoms with Gasteiger partial charge in [0.05, 0.1) is 13.2 Å². The second-order valence-electron chi connectivity index (χ2n) is 5.44. The lowest BCUT2D eigenvalue weighted by Gasteiger charge is -2.36. The molecule has 3 nitrogen and oxygen atoms in total. The number of benzene rings is 1. The lowest BCUT2D eigenvalue weighted by Crippen LogP contribution is -2.39. The van der Waals surface area contributed by atoms with E-state index >= 15 is 0 Å². The predicted octanol–water partition coefficient (Wildman–Crippen LogP) is 3.23. The van der Waals surface area contributed by atoms with Gasteiger partial charge < -0.3 is 14.8 Å². The topological polar surface area (TPSA) is 30.5 Å².